The van der Waals surface area contributed by atoms with Gasteiger partial charge in [0.05, 0.1) is 41.1 Å². The summed E-state index contributed by atoms with van der Waals surface area (Å²) in [5.41, 5.74) is -0.490. The van der Waals surface area contributed by atoms with Crippen LogP contribution in [0.4, 0.5) is 19.0 Å². The zero-order valence-corrected chi connectivity index (χ0v) is 23.1. The molecule has 40 heavy (non-hydrogen) atoms. The highest BCUT2D eigenvalue weighted by atomic mass is 32.1. The van der Waals surface area contributed by atoms with Crippen molar-refractivity contribution >= 4 is 28.7 Å². The molecule has 13 heteroatoms. The van der Waals surface area contributed by atoms with E-state index in [0.717, 1.165) is 23.7 Å². The smallest absolute Gasteiger partial charge is 0.378 e. The fourth-order valence-corrected chi connectivity index (χ4v) is 5.50. The molecule has 5 heterocycles. The van der Waals surface area contributed by atoms with E-state index in [9.17, 15) is 23.1 Å². The number of β-amino-alcohol motifs (C(OH)–C–C–N with tert-alkyl or cyclic N) is 1. The number of pyridine rings is 1. The van der Waals surface area contributed by atoms with E-state index in [4.69, 9.17) is 4.98 Å². The average Bonchev–Trinajstić information content (AvgIpc) is 3.59. The number of rotatable bonds is 9. The number of hydrogen-bond donors (Lipinski definition) is 2. The Morgan fingerprint density at radius 2 is 1.95 bits per heavy atom. The quantitative estimate of drug-likeness (QED) is 0.311. The zero-order chi connectivity index (χ0) is 28.7. The van der Waals surface area contributed by atoms with Crippen LogP contribution in [0.15, 0.2) is 48.1 Å². The third kappa shape index (κ3) is 5.28. The molecule has 1 fully saturated rings. The lowest BCUT2D eigenvalue weighted by Crippen LogP contribution is -2.69. The monoisotopic (exact) mass is 573 g/mol. The van der Waals surface area contributed by atoms with Gasteiger partial charge in [-0.25, -0.2) is 14.5 Å². The predicted octanol–water partition coefficient (Wildman–Crippen LogP) is 4.09. The second kappa shape index (κ2) is 10.8. The predicted molar refractivity (Wildman–Crippen MR) is 147 cm³/mol. The first-order valence-electron chi connectivity index (χ1n) is 13.0. The van der Waals surface area contributed by atoms with Crippen molar-refractivity contribution < 1.29 is 23.1 Å². The lowest BCUT2D eigenvalue weighted by molar-refractivity contribution is -0.267. The van der Waals surface area contributed by atoms with E-state index in [1.54, 1.807) is 34.3 Å². The molecular weight excluding hydrogens is 543 g/mol. The van der Waals surface area contributed by atoms with Gasteiger partial charge in [0, 0.05) is 24.3 Å². The minimum absolute atomic E-state index is 0.0939. The van der Waals surface area contributed by atoms with Gasteiger partial charge >= 0.3 is 6.18 Å². The molecule has 0 saturated carbocycles. The molecule has 1 aliphatic rings. The Morgan fingerprint density at radius 3 is 2.60 bits per heavy atom. The van der Waals surface area contributed by atoms with E-state index in [1.165, 1.54) is 11.0 Å². The Kier molecular flexibility index (Phi) is 7.55. The number of hydrogen-bond acceptors (Lipinski definition) is 8. The third-order valence-corrected chi connectivity index (χ3v) is 8.14. The summed E-state index contributed by atoms with van der Waals surface area (Å²) in [5.74, 6) is -0.221. The first-order valence-corrected chi connectivity index (χ1v) is 13.9. The van der Waals surface area contributed by atoms with Gasteiger partial charge in [-0.1, -0.05) is 19.9 Å². The van der Waals surface area contributed by atoms with E-state index < -0.39 is 24.9 Å². The van der Waals surface area contributed by atoms with Crippen LogP contribution in [-0.2, 0) is 0 Å². The van der Waals surface area contributed by atoms with Crippen LogP contribution in [0.3, 0.4) is 0 Å². The van der Waals surface area contributed by atoms with Gasteiger partial charge in [0.2, 0.25) is 0 Å². The Balaban J connectivity index is 1.51. The van der Waals surface area contributed by atoms with Crippen molar-refractivity contribution in [3.05, 3.63) is 53.7 Å². The van der Waals surface area contributed by atoms with Gasteiger partial charge in [0.25, 0.3) is 5.91 Å². The molecule has 0 aromatic carbocycles. The molecule has 0 aliphatic carbocycles. The highest BCUT2D eigenvalue weighted by Gasteiger charge is 2.61. The summed E-state index contributed by atoms with van der Waals surface area (Å²) in [6.07, 6.45) is -1.43. The van der Waals surface area contributed by atoms with Crippen molar-refractivity contribution in [1.29, 1.82) is 0 Å². The van der Waals surface area contributed by atoms with Crippen molar-refractivity contribution in [1.82, 2.24) is 29.8 Å². The number of aromatic nitrogens is 4. The normalized spacial score (nSPS) is 15.8. The summed E-state index contributed by atoms with van der Waals surface area (Å²) in [4.78, 5) is 27.1. The van der Waals surface area contributed by atoms with Crippen LogP contribution >= 0.6 is 11.3 Å². The van der Waals surface area contributed by atoms with Gasteiger partial charge in [-0.15, -0.1) is 11.3 Å². The largest absolute Gasteiger partial charge is 0.420 e. The summed E-state index contributed by atoms with van der Waals surface area (Å²) >= 11 is 1.54. The number of thiophene rings is 1. The standard InChI is InChI=1S/C27H30F3N7O2S/c1-4-35(5-2)17(3)13-31-25(38)18-11-21(33-23(12-18)36-15-26(39,16-36)27(28,29)30)19-14-32-37-9-8-20(34-24(19)37)22-7-6-10-40-22/h6-12,14,17,39H,4-5,13,15-16H2,1-3H3,(H,31,38). The van der Waals surface area contributed by atoms with E-state index in [2.05, 4.69) is 20.3 Å². The Morgan fingerprint density at radius 1 is 1.20 bits per heavy atom. The number of nitrogens with one attached hydrogen (secondary N) is 1. The number of aliphatic hydroxyl groups is 1. The Hall–Kier alpha value is -3.55. The van der Waals surface area contributed by atoms with Crippen LogP contribution < -0.4 is 10.2 Å². The molecule has 1 saturated heterocycles. The van der Waals surface area contributed by atoms with E-state index in [0.29, 0.717) is 23.4 Å². The number of fused-ring (bicyclic) bond motifs is 1. The molecule has 1 amide bonds. The molecule has 1 aliphatic heterocycles. The minimum Gasteiger partial charge on any atom is -0.378 e. The first kappa shape index (κ1) is 28.0. The minimum atomic E-state index is -4.77. The number of anilines is 1. The van der Waals surface area contributed by atoms with E-state index >= 15 is 0 Å². The Labute approximate surface area is 233 Å². The fourth-order valence-electron chi connectivity index (χ4n) is 4.80. The van der Waals surface area contributed by atoms with Crippen molar-refractivity contribution in [2.24, 2.45) is 0 Å². The summed E-state index contributed by atoms with van der Waals surface area (Å²) in [5, 5.41) is 19.3. The highest BCUT2D eigenvalue weighted by Crippen LogP contribution is 2.40. The van der Waals surface area contributed by atoms with Crippen LogP contribution in [-0.4, -0.2) is 86.0 Å². The van der Waals surface area contributed by atoms with Gasteiger partial charge in [-0.3, -0.25) is 9.69 Å². The fraction of sp³-hybridized carbons (Fsp3) is 0.407. The van der Waals surface area contributed by atoms with Crippen molar-refractivity contribution in [2.75, 3.05) is 37.6 Å². The molecule has 9 nitrogen and oxygen atoms in total. The number of carbonyl (C=O) groups excluding carboxylic acids is 1. The molecule has 2 N–H and O–H groups in total. The lowest BCUT2D eigenvalue weighted by atomic mass is 9.93. The van der Waals surface area contributed by atoms with Crippen molar-refractivity contribution in [3.8, 4) is 21.8 Å². The van der Waals surface area contributed by atoms with Crippen LogP contribution in [0.25, 0.3) is 27.5 Å². The molecule has 1 unspecified atom stereocenters. The third-order valence-electron chi connectivity index (χ3n) is 7.24. The van der Waals surface area contributed by atoms with Gasteiger partial charge in [0.1, 0.15) is 5.82 Å². The summed E-state index contributed by atoms with van der Waals surface area (Å²) in [6, 6.07) is 8.85. The van der Waals surface area contributed by atoms with Gasteiger partial charge in [0.15, 0.2) is 11.2 Å². The molecule has 0 bridgehead atoms. The maximum absolute atomic E-state index is 13.3. The molecule has 1 atom stereocenters. The van der Waals surface area contributed by atoms with Crippen molar-refractivity contribution in [3.63, 3.8) is 0 Å². The maximum Gasteiger partial charge on any atom is 0.420 e. The number of nitrogens with zero attached hydrogens (tertiary/aromatic N) is 6. The topological polar surface area (TPSA) is 98.9 Å². The number of carbonyl (C=O) groups is 1. The average molecular weight is 574 g/mol. The van der Waals surface area contributed by atoms with Crippen LogP contribution in [0, 0.1) is 0 Å². The van der Waals surface area contributed by atoms with Crippen LogP contribution in [0.5, 0.6) is 0 Å². The Bertz CT molecular complexity index is 1500. The van der Waals surface area contributed by atoms with E-state index in [1.807, 2.05) is 44.4 Å². The lowest BCUT2D eigenvalue weighted by Gasteiger charge is -2.47. The summed E-state index contributed by atoms with van der Waals surface area (Å²) < 4.78 is 41.6. The second-order valence-electron chi connectivity index (χ2n) is 9.88. The van der Waals surface area contributed by atoms with Crippen LogP contribution in [0.2, 0.25) is 0 Å². The molecular formula is C27H30F3N7O2S. The number of likely N-dealkylation sites (N-methyl/N-ethyl adjacent to an activating group) is 1. The summed E-state index contributed by atoms with van der Waals surface area (Å²) in [6.45, 7) is 6.83. The molecule has 5 rings (SSSR count). The maximum atomic E-state index is 13.3. The van der Waals surface area contributed by atoms with Gasteiger partial charge in [-0.2, -0.15) is 18.3 Å². The number of alkyl halides is 3. The number of amides is 1. The van der Waals surface area contributed by atoms with Gasteiger partial charge < -0.3 is 15.3 Å². The first-order chi connectivity index (χ1) is 19.0. The van der Waals surface area contributed by atoms with E-state index in [-0.39, 0.29) is 23.3 Å². The zero-order valence-electron chi connectivity index (χ0n) is 22.3. The second-order valence-corrected chi connectivity index (χ2v) is 10.8. The molecule has 0 spiro atoms. The number of halogens is 3. The van der Waals surface area contributed by atoms with Crippen LogP contribution in [0.1, 0.15) is 31.1 Å². The molecule has 4 aromatic heterocycles. The molecule has 4 aromatic rings. The van der Waals surface area contributed by atoms with Crippen molar-refractivity contribution in [2.45, 2.75) is 38.6 Å². The molecule has 0 radical (unpaired) electrons. The summed E-state index contributed by atoms with van der Waals surface area (Å²) in [7, 11) is 0. The van der Waals surface area contributed by atoms with Gasteiger partial charge in [-0.05, 0) is 49.7 Å². The SMILES string of the molecule is CCN(CC)C(C)CNC(=O)c1cc(-c2cnn3ccc(-c4cccs4)nc23)nc(N2CC(O)(C(F)(F)F)C2)c1. The highest BCUT2D eigenvalue weighted by molar-refractivity contribution is 7.13. The molecule has 212 valence electrons.